The highest BCUT2D eigenvalue weighted by atomic mass is 16.5. The summed E-state index contributed by atoms with van der Waals surface area (Å²) in [5.41, 5.74) is 27.2. The van der Waals surface area contributed by atoms with Gasteiger partial charge in [0.15, 0.2) is 0 Å². The lowest BCUT2D eigenvalue weighted by molar-refractivity contribution is -0.154. The quantitative estimate of drug-likeness (QED) is 0.0453. The van der Waals surface area contributed by atoms with Crippen molar-refractivity contribution in [2.45, 2.75) is 341 Å². The van der Waals surface area contributed by atoms with Gasteiger partial charge < -0.3 is 70.0 Å². The van der Waals surface area contributed by atoms with Crippen LogP contribution in [0.25, 0.3) is 65.4 Å². The fraction of sp³-hybridized carbons (Fsp3) is 0.606. The normalized spacial score (nSPS) is 29.6. The molecule has 8 fully saturated rings. The number of carbonyl (C=O) groups is 2. The number of likely N-dealkylation sites (N-methyl/N-ethyl adjacent to an activating group) is 5. The molecule has 0 spiro atoms. The van der Waals surface area contributed by atoms with Crippen LogP contribution in [-0.2, 0) is 83.5 Å². The van der Waals surface area contributed by atoms with Crippen molar-refractivity contribution < 1.29 is 39.9 Å². The van der Waals surface area contributed by atoms with Gasteiger partial charge in [0.1, 0.15) is 22.7 Å². The maximum Gasteiger partial charge on any atom is 0.319 e. The Kier molecular flexibility index (Phi) is 32.2. The summed E-state index contributed by atoms with van der Waals surface area (Å²) < 4.78 is 5.46. The molecule has 2 saturated heterocycles. The maximum absolute atomic E-state index is 13.5. The highest BCUT2D eigenvalue weighted by Gasteiger charge is 2.62. The smallest absolute Gasteiger partial charge is 0.319 e. The number of aromatic nitrogens is 6. The number of aryl methyl sites for hydroxylation is 1. The van der Waals surface area contributed by atoms with Gasteiger partial charge in [-0.05, 0) is 376 Å². The number of nitrogens with one attached hydrogen (secondary N) is 6. The van der Waals surface area contributed by atoms with E-state index in [9.17, 15) is 35.1 Å². The second-order valence-corrected chi connectivity index (χ2v) is 48.0. The van der Waals surface area contributed by atoms with Crippen LogP contribution in [0.2, 0.25) is 0 Å². The second kappa shape index (κ2) is 45.1. The van der Waals surface area contributed by atoms with E-state index in [2.05, 4.69) is 191 Å². The van der Waals surface area contributed by atoms with E-state index in [1.807, 2.05) is 55.5 Å². The SMILES string of the molecule is CCC1CC2CC(C1)c1[nH]c3ccc(CO)cc3c1CCN(C)C2.CCC1CC2CC(C1)c1[nH]c3ccc(O)cc3c1CCN(C)C2.CCC1CC2CN3CCc4c([nH]c5ccc(C)cc45)C(C(C)=O)(C2)C13.CCC1CCCC2(C(=O)OC)c3[nH]c4ccc(CO)cc4c3CCN(CC)C12.CCC1CCCC2c3[nH]c4ccc(CO)cc4c3CCN(CC)C12.CCC1CCCC2c3[nH]c4ccc(O)cc4c3CCN(CC)C12. The van der Waals surface area contributed by atoms with Crippen LogP contribution in [0.3, 0.4) is 0 Å². The van der Waals surface area contributed by atoms with Gasteiger partial charge in [0.05, 0.1) is 32.3 Å². The standard InChI is InChI=1S/C23H32N2O3.C22H28N2O.2C21H30N2O.2C20H28N2O/c1-4-16-7-6-11-23(22(27)28-3)20-17(10-12-25(5-2)21(16)23)18-13-15(14-26)8-9-19(18)24-20;1-4-16-10-15-11-22(14(3)25)20-17(7-8-24(12-15)21(16)22)18-9-13(2)5-6-19(18)23-20;1-3-14-8-16-10-17(9-14)21-18(6-7-23(2)12-16)19-11-15(13-24)4-5-20(19)22-21;1-3-15-6-5-7-17-20-16(10-11-23(4-2)21(15)17)18-12-14(13-24)8-9-19(18)22-20;1-3-13-8-14-10-15(9-13)20-17(6-7-22(2)12-14)18-11-16(23)4-5-19(18)21-20;1-3-13-6-5-7-16-19-15(10-11-22(4-2)20(13)16)17-12-14(23)8-9-18(17)21-19/h8-9,13,16,21,24,26H,4-7,10-12,14H2,1-3H3;5-6,9,15-16,21,23H,4,7-8,10-12H2,1-3H3;4-5,11,14,16-17,22,24H,3,6-10,12-13H2,1-2H3;8-9,12,15,17,21-22,24H,3-7,10-11,13H2,1-2H3;4-5,11,13-15,21,23H,3,6-10,12H2,1-2H3;8-9,12-13,16,20-21,23H,3-7,10-11H2,1-2H3. The fourth-order valence-electron chi connectivity index (χ4n) is 33.1. The van der Waals surface area contributed by atoms with Crippen LogP contribution in [0.1, 0.15) is 330 Å². The van der Waals surface area contributed by atoms with Gasteiger partial charge in [0.25, 0.3) is 0 Å². The molecule has 11 N–H and O–H groups in total. The van der Waals surface area contributed by atoms with Gasteiger partial charge in [0, 0.05) is 194 Å². The second-order valence-electron chi connectivity index (χ2n) is 48.0. The summed E-state index contributed by atoms with van der Waals surface area (Å²) in [6.45, 7) is 38.6. The monoisotopic (exact) mass is 2000 g/mol. The van der Waals surface area contributed by atoms with E-state index in [1.54, 1.807) is 12.1 Å². The van der Waals surface area contributed by atoms with Crippen molar-refractivity contribution in [2.75, 3.05) is 99.7 Å². The Bertz CT molecular complexity index is 6600. The lowest BCUT2D eigenvalue weighted by Crippen LogP contribution is -2.66. The number of aliphatic hydroxyl groups excluding tert-OH is 3. The van der Waals surface area contributed by atoms with Crippen molar-refractivity contribution in [1.82, 2.24) is 59.3 Å². The van der Waals surface area contributed by atoms with Crippen molar-refractivity contribution >= 4 is 77.2 Å². The van der Waals surface area contributed by atoms with Gasteiger partial charge in [-0.3, -0.25) is 29.2 Å². The van der Waals surface area contributed by atoms with Crippen molar-refractivity contribution in [2.24, 2.45) is 53.3 Å². The molecule has 0 amide bonds. The number of hydrogen-bond acceptors (Lipinski definition) is 14. The molecule has 12 aromatic rings. The number of aromatic amines is 6. The minimum Gasteiger partial charge on any atom is -0.508 e. The summed E-state index contributed by atoms with van der Waals surface area (Å²) in [6.07, 6.45) is 35.4. The number of benzene rings is 6. The summed E-state index contributed by atoms with van der Waals surface area (Å²) in [6, 6.07) is 39.0. The summed E-state index contributed by atoms with van der Waals surface area (Å²) in [7, 11) is 6.07. The van der Waals surface area contributed by atoms with Crippen LogP contribution in [0.4, 0.5) is 0 Å². The number of esters is 1. The zero-order chi connectivity index (χ0) is 103. The number of aliphatic hydroxyl groups is 3. The topological polar surface area (TPSA) is 259 Å². The van der Waals surface area contributed by atoms with Crippen molar-refractivity contribution in [3.05, 3.63) is 199 Å². The molecule has 8 aliphatic heterocycles. The van der Waals surface area contributed by atoms with Crippen LogP contribution in [0.5, 0.6) is 11.5 Å². The van der Waals surface area contributed by atoms with E-state index in [4.69, 9.17) is 4.74 Å². The number of fused-ring (bicyclic) bond motifs is 31. The van der Waals surface area contributed by atoms with Crippen LogP contribution in [0, 0.1) is 60.2 Å². The van der Waals surface area contributed by atoms with Gasteiger partial charge >= 0.3 is 5.97 Å². The summed E-state index contributed by atoms with van der Waals surface area (Å²) in [5.74, 6) is 10.5. The summed E-state index contributed by atoms with van der Waals surface area (Å²) in [5, 5.41) is 56.1. The molecule has 147 heavy (non-hydrogen) atoms. The van der Waals surface area contributed by atoms with Gasteiger partial charge in [-0.1, -0.05) is 150 Å². The highest BCUT2D eigenvalue weighted by molar-refractivity contribution is 5.96. The van der Waals surface area contributed by atoms with Gasteiger partial charge in [-0.25, -0.2) is 0 Å². The molecule has 6 aromatic heterocycles. The van der Waals surface area contributed by atoms with Gasteiger partial charge in [-0.2, -0.15) is 0 Å². The van der Waals surface area contributed by atoms with E-state index in [0.29, 0.717) is 76.8 Å². The lowest BCUT2D eigenvalue weighted by atomic mass is 9.55. The molecule has 6 aromatic carbocycles. The minimum absolute atomic E-state index is 0.0274. The van der Waals surface area contributed by atoms with Crippen LogP contribution < -0.4 is 0 Å². The van der Waals surface area contributed by atoms with E-state index < -0.39 is 5.41 Å². The molecule has 14 heterocycles. The summed E-state index contributed by atoms with van der Waals surface area (Å²) in [4.78, 5) is 64.7. The number of phenolic OH excluding ortho intramolecular Hbond substituents is 2. The fourth-order valence-corrected chi connectivity index (χ4v) is 33.1. The Hall–Kier alpha value is -9.06. The molecular formula is C127H176N12O8. The number of piperidine rings is 2. The third-order valence-electron chi connectivity index (χ3n) is 39.9. The average Bonchev–Trinajstić information content (AvgIpc) is 1.55. The number of ether oxygens (including phenoxy) is 1. The molecular weight excluding hydrogens is 1820 g/mol. The highest BCUT2D eigenvalue weighted by Crippen LogP contribution is 2.58. The number of aromatic hydroxyl groups is 2. The average molecular weight is 2000 g/mol. The first-order valence-electron chi connectivity index (χ1n) is 58.4. The number of phenols is 2. The number of carbonyl (C=O) groups excluding carboxylic acids is 2. The molecule has 20 atom stereocenters. The van der Waals surface area contributed by atoms with Crippen molar-refractivity contribution in [3.63, 3.8) is 0 Å². The molecule has 20 heteroatoms. The van der Waals surface area contributed by atoms with Crippen LogP contribution >= 0.6 is 0 Å². The molecule has 792 valence electrons. The number of ketones is 1. The molecule has 0 radical (unpaired) electrons. The molecule has 8 bridgehead atoms. The minimum atomic E-state index is -0.645. The lowest BCUT2D eigenvalue weighted by Gasteiger charge is -2.58. The first-order valence-corrected chi connectivity index (χ1v) is 58.4. The maximum atomic E-state index is 13.5. The molecule has 14 aliphatic rings. The number of methoxy groups -OCH3 is 1. The molecule has 20 nitrogen and oxygen atoms in total. The Balaban J connectivity index is 0.000000107. The Morgan fingerprint density at radius 2 is 0.789 bits per heavy atom. The van der Waals surface area contributed by atoms with Gasteiger partial charge in [0.2, 0.25) is 0 Å². The third-order valence-corrected chi connectivity index (χ3v) is 39.9. The van der Waals surface area contributed by atoms with E-state index in [1.165, 1.54) is 271 Å². The first kappa shape index (κ1) is 105. The van der Waals surface area contributed by atoms with Crippen LogP contribution in [-0.4, -0.2) is 220 Å². The van der Waals surface area contributed by atoms with E-state index in [0.717, 1.165) is 192 Å². The van der Waals surface area contributed by atoms with Crippen LogP contribution in [0.15, 0.2) is 109 Å². The number of rotatable bonds is 14. The largest absolute Gasteiger partial charge is 0.508 e. The predicted molar refractivity (Wildman–Crippen MR) is 600 cm³/mol. The number of nitrogens with zero attached hydrogens (tertiary/aromatic N) is 6. The zero-order valence-electron chi connectivity index (χ0n) is 91.5. The number of H-pyrrole nitrogens is 6. The first-order chi connectivity index (χ1) is 71.4. The van der Waals surface area contributed by atoms with E-state index in [-0.39, 0.29) is 37.2 Å². The third kappa shape index (κ3) is 20.0. The molecule has 20 unspecified atom stereocenters. The Labute approximate surface area is 875 Å². The van der Waals surface area contributed by atoms with Gasteiger partial charge in [-0.15, -0.1) is 0 Å². The molecule has 6 saturated carbocycles. The Morgan fingerprint density at radius 3 is 1.24 bits per heavy atom. The van der Waals surface area contributed by atoms with Crippen molar-refractivity contribution in [1.29, 1.82) is 0 Å². The molecule has 26 rings (SSSR count). The number of Topliss-reactive ketones (excluding diaryl/α,β-unsaturated/α-hetero) is 1. The van der Waals surface area contributed by atoms with E-state index >= 15 is 0 Å². The van der Waals surface area contributed by atoms with Crippen molar-refractivity contribution in [3.8, 4) is 11.5 Å². The predicted octanol–water partition coefficient (Wildman–Crippen LogP) is 24.5. The zero-order valence-corrected chi connectivity index (χ0v) is 91.5. The summed E-state index contributed by atoms with van der Waals surface area (Å²) >= 11 is 0. The molecule has 6 aliphatic carbocycles. The number of hydrogen-bond donors (Lipinski definition) is 11. The Morgan fingerprint density at radius 1 is 0.388 bits per heavy atom.